The van der Waals surface area contributed by atoms with Gasteiger partial charge in [-0.1, -0.05) is 30.3 Å². The molecule has 5 nitrogen and oxygen atoms in total. The Kier molecular flexibility index (Phi) is 5.11. The molecular weight excluding hydrogens is 302 g/mol. The average Bonchev–Trinajstić information content (AvgIpc) is 3.04. The minimum absolute atomic E-state index is 0.000354. The molecule has 0 radical (unpaired) electrons. The molecular formula is C19H21N3O2. The molecule has 2 N–H and O–H groups in total. The first-order chi connectivity index (χ1) is 11.7. The van der Waals surface area contributed by atoms with Gasteiger partial charge in [-0.15, -0.1) is 0 Å². The SMILES string of the molecule is CC(NC(=O)CCCOc1ccccc1)c1nc2ccccc2[nH]1. The van der Waals surface area contributed by atoms with Crippen molar-refractivity contribution in [3.63, 3.8) is 0 Å². The van der Waals surface area contributed by atoms with Gasteiger partial charge in [0.25, 0.3) is 0 Å². The molecule has 124 valence electrons. The molecule has 0 fully saturated rings. The number of hydrogen-bond donors (Lipinski definition) is 2. The lowest BCUT2D eigenvalue weighted by atomic mass is 10.2. The first-order valence-electron chi connectivity index (χ1n) is 8.14. The minimum atomic E-state index is -0.153. The molecule has 3 aromatic rings. The number of carbonyl (C=O) groups excluding carboxylic acids is 1. The van der Waals surface area contributed by atoms with E-state index in [-0.39, 0.29) is 11.9 Å². The fourth-order valence-corrected chi connectivity index (χ4v) is 2.50. The van der Waals surface area contributed by atoms with Crippen LogP contribution in [0.25, 0.3) is 11.0 Å². The van der Waals surface area contributed by atoms with Gasteiger partial charge >= 0.3 is 0 Å². The Labute approximate surface area is 141 Å². The summed E-state index contributed by atoms with van der Waals surface area (Å²) in [6.45, 7) is 2.45. The van der Waals surface area contributed by atoms with Crippen LogP contribution in [0.5, 0.6) is 5.75 Å². The third kappa shape index (κ3) is 4.13. The summed E-state index contributed by atoms with van der Waals surface area (Å²) in [5.41, 5.74) is 1.88. The van der Waals surface area contributed by atoms with Gasteiger partial charge in [-0.25, -0.2) is 4.98 Å². The van der Waals surface area contributed by atoms with Crippen LogP contribution in [0.15, 0.2) is 54.6 Å². The lowest BCUT2D eigenvalue weighted by Crippen LogP contribution is -2.27. The van der Waals surface area contributed by atoms with Crippen molar-refractivity contribution in [3.8, 4) is 5.75 Å². The third-order valence-electron chi connectivity index (χ3n) is 3.76. The van der Waals surface area contributed by atoms with Crippen molar-refractivity contribution < 1.29 is 9.53 Å². The van der Waals surface area contributed by atoms with Gasteiger partial charge in [0.1, 0.15) is 11.6 Å². The van der Waals surface area contributed by atoms with Crippen molar-refractivity contribution in [1.29, 1.82) is 0 Å². The molecule has 5 heteroatoms. The van der Waals surface area contributed by atoms with E-state index in [4.69, 9.17) is 4.74 Å². The number of para-hydroxylation sites is 3. The zero-order chi connectivity index (χ0) is 16.8. The second-order valence-electron chi connectivity index (χ2n) is 5.69. The molecule has 1 aromatic heterocycles. The highest BCUT2D eigenvalue weighted by molar-refractivity contribution is 5.77. The summed E-state index contributed by atoms with van der Waals surface area (Å²) in [4.78, 5) is 19.8. The normalized spacial score (nSPS) is 12.0. The van der Waals surface area contributed by atoms with E-state index in [9.17, 15) is 4.79 Å². The summed E-state index contributed by atoms with van der Waals surface area (Å²) in [6, 6.07) is 17.3. The number of carbonyl (C=O) groups is 1. The zero-order valence-electron chi connectivity index (χ0n) is 13.7. The van der Waals surface area contributed by atoms with E-state index in [1.165, 1.54) is 0 Å². The van der Waals surface area contributed by atoms with Gasteiger partial charge in [0, 0.05) is 6.42 Å². The van der Waals surface area contributed by atoms with Gasteiger partial charge in [-0.2, -0.15) is 0 Å². The number of nitrogens with one attached hydrogen (secondary N) is 2. The van der Waals surface area contributed by atoms with Crippen LogP contribution in [0, 0.1) is 0 Å². The highest BCUT2D eigenvalue weighted by Gasteiger charge is 2.13. The summed E-state index contributed by atoms with van der Waals surface area (Å²) < 4.78 is 5.59. The Balaban J connectivity index is 1.44. The number of aromatic amines is 1. The van der Waals surface area contributed by atoms with Crippen LogP contribution in [0.4, 0.5) is 0 Å². The monoisotopic (exact) mass is 323 g/mol. The molecule has 0 spiro atoms. The third-order valence-corrected chi connectivity index (χ3v) is 3.76. The molecule has 1 unspecified atom stereocenters. The number of H-pyrrole nitrogens is 1. The Morgan fingerprint density at radius 2 is 1.92 bits per heavy atom. The standard InChI is InChI=1S/C19H21N3O2/c1-14(19-21-16-10-5-6-11-17(16)22-19)20-18(23)12-7-13-24-15-8-3-2-4-9-15/h2-6,8-11,14H,7,12-13H2,1H3,(H,20,23)(H,21,22). The number of benzene rings is 2. The van der Waals surface area contributed by atoms with Gasteiger partial charge in [0.05, 0.1) is 23.7 Å². The van der Waals surface area contributed by atoms with Crippen LogP contribution in [-0.4, -0.2) is 22.5 Å². The maximum Gasteiger partial charge on any atom is 0.220 e. The van der Waals surface area contributed by atoms with Gasteiger partial charge in [-0.3, -0.25) is 4.79 Å². The van der Waals surface area contributed by atoms with Crippen LogP contribution in [0.2, 0.25) is 0 Å². The maximum absolute atomic E-state index is 12.0. The van der Waals surface area contributed by atoms with Crippen LogP contribution in [-0.2, 0) is 4.79 Å². The largest absolute Gasteiger partial charge is 0.494 e. The summed E-state index contributed by atoms with van der Waals surface area (Å²) in [6.07, 6.45) is 1.10. The van der Waals surface area contributed by atoms with E-state index >= 15 is 0 Å². The number of imidazole rings is 1. The van der Waals surface area contributed by atoms with Crippen LogP contribution in [0.1, 0.15) is 31.6 Å². The van der Waals surface area contributed by atoms with Crippen molar-refractivity contribution in [2.75, 3.05) is 6.61 Å². The summed E-state index contributed by atoms with van der Waals surface area (Å²) in [7, 11) is 0. The molecule has 1 heterocycles. The van der Waals surface area contributed by atoms with Crippen molar-refractivity contribution in [2.24, 2.45) is 0 Å². The van der Waals surface area contributed by atoms with Gasteiger partial charge < -0.3 is 15.0 Å². The molecule has 0 aliphatic carbocycles. The summed E-state index contributed by atoms with van der Waals surface area (Å²) in [5, 5.41) is 2.97. The fourth-order valence-electron chi connectivity index (χ4n) is 2.50. The van der Waals surface area contributed by atoms with Crippen molar-refractivity contribution in [2.45, 2.75) is 25.8 Å². The summed E-state index contributed by atoms with van der Waals surface area (Å²) in [5.74, 6) is 1.60. The van der Waals surface area contributed by atoms with E-state index < -0.39 is 0 Å². The predicted octanol–water partition coefficient (Wildman–Crippen LogP) is 3.60. The minimum Gasteiger partial charge on any atom is -0.494 e. The number of ether oxygens (including phenoxy) is 1. The molecule has 0 bridgehead atoms. The van der Waals surface area contributed by atoms with Gasteiger partial charge in [0.2, 0.25) is 5.91 Å². The van der Waals surface area contributed by atoms with Crippen molar-refractivity contribution >= 4 is 16.9 Å². The van der Waals surface area contributed by atoms with Crippen molar-refractivity contribution in [1.82, 2.24) is 15.3 Å². The van der Waals surface area contributed by atoms with E-state index in [1.807, 2.05) is 61.5 Å². The van der Waals surface area contributed by atoms with Gasteiger partial charge in [0.15, 0.2) is 0 Å². The number of nitrogens with zero attached hydrogens (tertiary/aromatic N) is 1. The maximum atomic E-state index is 12.0. The second-order valence-corrected chi connectivity index (χ2v) is 5.69. The molecule has 0 saturated carbocycles. The number of rotatable bonds is 7. The van der Waals surface area contributed by atoms with E-state index in [1.54, 1.807) is 0 Å². The molecule has 0 aliphatic heterocycles. The number of amides is 1. The smallest absolute Gasteiger partial charge is 0.220 e. The number of hydrogen-bond acceptors (Lipinski definition) is 3. The van der Waals surface area contributed by atoms with Crippen LogP contribution < -0.4 is 10.1 Å². The molecule has 24 heavy (non-hydrogen) atoms. The van der Waals surface area contributed by atoms with Crippen LogP contribution >= 0.6 is 0 Å². The molecule has 0 saturated heterocycles. The second kappa shape index (κ2) is 7.64. The Morgan fingerprint density at radius 3 is 2.71 bits per heavy atom. The highest BCUT2D eigenvalue weighted by Crippen LogP contribution is 2.15. The molecule has 0 aliphatic rings. The Morgan fingerprint density at radius 1 is 1.17 bits per heavy atom. The molecule has 1 amide bonds. The zero-order valence-corrected chi connectivity index (χ0v) is 13.7. The Hall–Kier alpha value is -2.82. The van der Waals surface area contributed by atoms with Gasteiger partial charge in [-0.05, 0) is 37.6 Å². The molecule has 3 rings (SSSR count). The molecule has 2 aromatic carbocycles. The quantitative estimate of drug-likeness (QED) is 0.653. The van der Waals surface area contributed by atoms with E-state index in [0.29, 0.717) is 19.4 Å². The van der Waals surface area contributed by atoms with Crippen molar-refractivity contribution in [3.05, 3.63) is 60.4 Å². The summed E-state index contributed by atoms with van der Waals surface area (Å²) >= 11 is 0. The number of fused-ring (bicyclic) bond motifs is 1. The fraction of sp³-hybridized carbons (Fsp3) is 0.263. The lowest BCUT2D eigenvalue weighted by Gasteiger charge is -2.11. The predicted molar refractivity (Wildman–Crippen MR) is 93.8 cm³/mol. The van der Waals surface area contributed by atoms with E-state index in [0.717, 1.165) is 22.6 Å². The first kappa shape index (κ1) is 16.1. The first-order valence-corrected chi connectivity index (χ1v) is 8.14. The highest BCUT2D eigenvalue weighted by atomic mass is 16.5. The Bertz CT molecular complexity index is 765. The topological polar surface area (TPSA) is 67.0 Å². The van der Waals surface area contributed by atoms with Crippen LogP contribution in [0.3, 0.4) is 0 Å². The molecule has 1 atom stereocenters. The number of aromatic nitrogens is 2. The lowest BCUT2D eigenvalue weighted by molar-refractivity contribution is -0.122. The van der Waals surface area contributed by atoms with E-state index in [2.05, 4.69) is 15.3 Å². The average molecular weight is 323 g/mol.